The molecule has 0 aliphatic carbocycles. The van der Waals surface area contributed by atoms with E-state index in [2.05, 4.69) is 10.5 Å². The van der Waals surface area contributed by atoms with Crippen molar-refractivity contribution in [2.75, 3.05) is 10.8 Å². The first kappa shape index (κ1) is 23.8. The molecule has 1 amide bonds. The van der Waals surface area contributed by atoms with Crippen molar-refractivity contribution in [3.05, 3.63) is 93.5 Å². The third-order valence-electron chi connectivity index (χ3n) is 4.82. The van der Waals surface area contributed by atoms with Crippen molar-refractivity contribution < 1.29 is 13.2 Å². The third-order valence-corrected chi connectivity index (χ3v) is 7.15. The fraction of sp³-hybridized carbons (Fsp3) is 0.130. The van der Waals surface area contributed by atoms with Gasteiger partial charge in [0, 0.05) is 10.6 Å². The summed E-state index contributed by atoms with van der Waals surface area (Å²) < 4.78 is 27.9. The smallest absolute Gasteiger partial charge is 0.264 e. The summed E-state index contributed by atoms with van der Waals surface area (Å²) in [6.07, 6.45) is 1.37. The largest absolute Gasteiger partial charge is 0.271 e. The minimum atomic E-state index is -3.99. The number of anilines is 1. The van der Waals surface area contributed by atoms with Gasteiger partial charge in [-0.15, -0.1) is 0 Å². The quantitative estimate of drug-likeness (QED) is 0.376. The van der Waals surface area contributed by atoms with Crippen molar-refractivity contribution in [1.29, 1.82) is 0 Å². The number of sulfonamides is 1. The molecule has 9 heteroatoms. The topological polar surface area (TPSA) is 78.8 Å². The maximum absolute atomic E-state index is 13.4. The summed E-state index contributed by atoms with van der Waals surface area (Å²) in [7, 11) is -3.99. The molecule has 0 radical (unpaired) electrons. The van der Waals surface area contributed by atoms with Gasteiger partial charge in [-0.3, -0.25) is 9.10 Å². The SMILES string of the molecule is Cc1cccc(N(CC(=O)N/N=C\c2ccc(Cl)cc2Cl)S(=O)(=O)c2ccccc2)c1C. The summed E-state index contributed by atoms with van der Waals surface area (Å²) in [6, 6.07) is 18.1. The van der Waals surface area contributed by atoms with Crippen LogP contribution in [0.4, 0.5) is 5.69 Å². The molecule has 0 unspecified atom stereocenters. The molecule has 32 heavy (non-hydrogen) atoms. The van der Waals surface area contributed by atoms with E-state index < -0.39 is 22.5 Å². The Balaban J connectivity index is 1.88. The highest BCUT2D eigenvalue weighted by atomic mass is 35.5. The number of carbonyl (C=O) groups is 1. The van der Waals surface area contributed by atoms with Crippen LogP contribution in [0.15, 0.2) is 76.7 Å². The van der Waals surface area contributed by atoms with E-state index in [-0.39, 0.29) is 4.90 Å². The minimum Gasteiger partial charge on any atom is -0.271 e. The third kappa shape index (κ3) is 5.48. The van der Waals surface area contributed by atoms with Crippen molar-refractivity contribution in [3.63, 3.8) is 0 Å². The Morgan fingerprint density at radius 3 is 2.44 bits per heavy atom. The zero-order valence-electron chi connectivity index (χ0n) is 17.4. The van der Waals surface area contributed by atoms with E-state index in [1.165, 1.54) is 18.3 Å². The fourth-order valence-corrected chi connectivity index (χ4v) is 4.93. The van der Waals surface area contributed by atoms with E-state index in [0.717, 1.165) is 15.4 Å². The monoisotopic (exact) mass is 489 g/mol. The number of amides is 1. The van der Waals surface area contributed by atoms with E-state index in [1.807, 2.05) is 19.9 Å². The van der Waals surface area contributed by atoms with Crippen LogP contribution < -0.4 is 9.73 Å². The summed E-state index contributed by atoms with van der Waals surface area (Å²) in [6.45, 7) is 3.25. The van der Waals surface area contributed by atoms with Gasteiger partial charge in [0.2, 0.25) is 0 Å². The Bertz CT molecular complexity index is 1260. The van der Waals surface area contributed by atoms with Gasteiger partial charge < -0.3 is 0 Å². The van der Waals surface area contributed by atoms with Gasteiger partial charge >= 0.3 is 0 Å². The van der Waals surface area contributed by atoms with Crippen LogP contribution >= 0.6 is 23.2 Å². The Kier molecular flexibility index (Phi) is 7.56. The van der Waals surface area contributed by atoms with Crippen LogP contribution in [0.5, 0.6) is 0 Å². The second-order valence-corrected chi connectivity index (χ2v) is 9.71. The van der Waals surface area contributed by atoms with Crippen molar-refractivity contribution in [2.45, 2.75) is 18.7 Å². The van der Waals surface area contributed by atoms with E-state index in [0.29, 0.717) is 21.3 Å². The number of nitrogens with zero attached hydrogens (tertiary/aromatic N) is 2. The fourth-order valence-electron chi connectivity index (χ4n) is 2.97. The Labute approximate surface area is 197 Å². The molecule has 0 heterocycles. The van der Waals surface area contributed by atoms with Crippen LogP contribution in [0, 0.1) is 13.8 Å². The highest BCUT2D eigenvalue weighted by Crippen LogP contribution is 2.28. The molecular weight excluding hydrogens is 469 g/mol. The van der Waals surface area contributed by atoms with Gasteiger partial charge in [-0.05, 0) is 55.3 Å². The molecule has 0 bridgehead atoms. The molecule has 0 fully saturated rings. The summed E-state index contributed by atoms with van der Waals surface area (Å²) in [5, 5.41) is 4.75. The summed E-state index contributed by atoms with van der Waals surface area (Å²) in [4.78, 5) is 12.7. The van der Waals surface area contributed by atoms with Gasteiger partial charge in [0.15, 0.2) is 0 Å². The van der Waals surface area contributed by atoms with Crippen molar-refractivity contribution in [1.82, 2.24) is 5.43 Å². The maximum atomic E-state index is 13.4. The van der Waals surface area contributed by atoms with Gasteiger partial charge in [-0.2, -0.15) is 5.10 Å². The molecule has 0 spiro atoms. The van der Waals surface area contributed by atoms with E-state index in [1.54, 1.807) is 48.5 Å². The summed E-state index contributed by atoms with van der Waals surface area (Å²) in [5.41, 5.74) is 5.01. The molecule has 0 aliphatic rings. The first-order valence-corrected chi connectivity index (χ1v) is 11.8. The number of hydrogen-bond donors (Lipinski definition) is 1. The lowest BCUT2D eigenvalue weighted by Crippen LogP contribution is -2.40. The average Bonchev–Trinajstić information content (AvgIpc) is 2.76. The maximum Gasteiger partial charge on any atom is 0.264 e. The van der Waals surface area contributed by atoms with Crippen LogP contribution in [0.25, 0.3) is 0 Å². The number of rotatable bonds is 7. The molecule has 166 valence electrons. The first-order chi connectivity index (χ1) is 15.2. The number of hydrazone groups is 1. The molecule has 6 nitrogen and oxygen atoms in total. The second-order valence-electron chi connectivity index (χ2n) is 7.00. The molecule has 0 aliphatic heterocycles. The zero-order chi connectivity index (χ0) is 23.3. The Morgan fingerprint density at radius 2 is 1.75 bits per heavy atom. The van der Waals surface area contributed by atoms with Crippen molar-refractivity contribution in [3.8, 4) is 0 Å². The molecule has 0 aromatic heterocycles. The second kappa shape index (κ2) is 10.2. The average molecular weight is 490 g/mol. The molecule has 3 aromatic rings. The lowest BCUT2D eigenvalue weighted by atomic mass is 10.1. The normalized spacial score (nSPS) is 11.5. The Hall–Kier alpha value is -2.87. The van der Waals surface area contributed by atoms with Crippen LogP contribution in [-0.2, 0) is 14.8 Å². The van der Waals surface area contributed by atoms with E-state index >= 15 is 0 Å². The van der Waals surface area contributed by atoms with E-state index in [9.17, 15) is 13.2 Å². The van der Waals surface area contributed by atoms with Gasteiger partial charge in [0.25, 0.3) is 15.9 Å². The number of halogens is 2. The van der Waals surface area contributed by atoms with Gasteiger partial charge in [0.1, 0.15) is 6.54 Å². The lowest BCUT2D eigenvalue weighted by molar-refractivity contribution is -0.119. The van der Waals surface area contributed by atoms with Gasteiger partial charge in [-0.1, -0.05) is 59.6 Å². The minimum absolute atomic E-state index is 0.0881. The van der Waals surface area contributed by atoms with E-state index in [4.69, 9.17) is 23.2 Å². The summed E-state index contributed by atoms with van der Waals surface area (Å²) in [5.74, 6) is -0.605. The lowest BCUT2D eigenvalue weighted by Gasteiger charge is -2.26. The van der Waals surface area contributed by atoms with Crippen molar-refractivity contribution in [2.24, 2.45) is 5.10 Å². The van der Waals surface area contributed by atoms with Crippen LogP contribution in [-0.4, -0.2) is 27.1 Å². The Morgan fingerprint density at radius 1 is 1.03 bits per heavy atom. The zero-order valence-corrected chi connectivity index (χ0v) is 19.7. The predicted molar refractivity (Wildman–Crippen MR) is 129 cm³/mol. The highest BCUT2D eigenvalue weighted by Gasteiger charge is 2.28. The molecule has 1 N–H and O–H groups in total. The van der Waals surface area contributed by atoms with Gasteiger partial charge in [0.05, 0.1) is 21.8 Å². The predicted octanol–water partition coefficient (Wildman–Crippen LogP) is 4.96. The van der Waals surface area contributed by atoms with Crippen molar-refractivity contribution >= 4 is 51.0 Å². The van der Waals surface area contributed by atoms with Crippen LogP contribution in [0.2, 0.25) is 10.0 Å². The van der Waals surface area contributed by atoms with Crippen LogP contribution in [0.3, 0.4) is 0 Å². The molecule has 3 aromatic carbocycles. The first-order valence-electron chi connectivity index (χ1n) is 9.61. The standard InChI is InChI=1S/C23H21Cl2N3O3S/c1-16-7-6-10-22(17(16)2)28(32(30,31)20-8-4-3-5-9-20)15-23(29)27-26-14-18-11-12-19(24)13-21(18)25/h3-14H,15H2,1-2H3,(H,27,29)/b26-14-. The summed E-state index contributed by atoms with van der Waals surface area (Å²) >= 11 is 12.0. The van der Waals surface area contributed by atoms with Gasteiger partial charge in [-0.25, -0.2) is 13.8 Å². The molecule has 0 saturated carbocycles. The highest BCUT2D eigenvalue weighted by molar-refractivity contribution is 7.92. The number of benzene rings is 3. The number of nitrogens with one attached hydrogen (secondary N) is 1. The number of hydrogen-bond acceptors (Lipinski definition) is 4. The molecule has 3 rings (SSSR count). The van der Waals surface area contributed by atoms with Crippen LogP contribution in [0.1, 0.15) is 16.7 Å². The molecule has 0 atom stereocenters. The number of aryl methyl sites for hydroxylation is 1. The molecular formula is C23H21Cl2N3O3S. The number of carbonyl (C=O) groups excluding carboxylic acids is 1. The molecule has 0 saturated heterocycles.